The van der Waals surface area contributed by atoms with Crippen molar-refractivity contribution in [3.05, 3.63) is 75.5 Å². The molecule has 2 aromatic heterocycles. The van der Waals surface area contributed by atoms with Gasteiger partial charge in [0.1, 0.15) is 11.5 Å². The third-order valence-electron chi connectivity index (χ3n) is 4.78. The number of amides is 1. The van der Waals surface area contributed by atoms with Gasteiger partial charge in [0.15, 0.2) is 5.78 Å². The maximum Gasteiger partial charge on any atom is 0.276 e. The second kappa shape index (κ2) is 8.75. The largest absolute Gasteiger partial charge is 0.305 e. The maximum absolute atomic E-state index is 13.4. The Hall–Kier alpha value is -2.42. The second-order valence-corrected chi connectivity index (χ2v) is 7.63. The first-order valence-electron chi connectivity index (χ1n) is 8.82. The van der Waals surface area contributed by atoms with Gasteiger partial charge in [-0.2, -0.15) is 18.6 Å². The minimum absolute atomic E-state index is 0. The van der Waals surface area contributed by atoms with Crippen LogP contribution >= 0.6 is 36.7 Å². The van der Waals surface area contributed by atoms with E-state index in [0.29, 0.717) is 33.5 Å². The van der Waals surface area contributed by atoms with Crippen molar-refractivity contribution in [3.63, 3.8) is 0 Å². The average molecular weight is 467 g/mol. The van der Waals surface area contributed by atoms with Crippen LogP contribution in [0, 0.1) is 5.82 Å². The number of pyridine rings is 1. The van der Waals surface area contributed by atoms with E-state index in [2.05, 4.69) is 10.1 Å². The SMILES string of the molecule is C[C@H]1CN(c2ccc(Cl)c(Cl)c2)C(=O)c2c(CC(=O)c3cncc(F)c3)cnn21.S. The number of carbonyl (C=O) groups is 2. The standard InChI is InChI=1S/C20H15Cl2FN4O2.H2S/c1-11-10-26(15-2-3-16(21)17(22)6-15)20(29)19-13(8-25-27(11)19)5-18(28)12-4-14(23)9-24-7-12;/h2-4,6-9,11H,5,10H2,1H3;1H2/t11-;/m0./s1. The van der Waals surface area contributed by atoms with Crippen LogP contribution in [0.2, 0.25) is 10.0 Å². The van der Waals surface area contributed by atoms with Crippen LogP contribution < -0.4 is 4.90 Å². The van der Waals surface area contributed by atoms with Crippen LogP contribution in [0.25, 0.3) is 0 Å². The summed E-state index contributed by atoms with van der Waals surface area (Å²) in [4.78, 5) is 31.1. The predicted molar refractivity (Wildman–Crippen MR) is 118 cm³/mol. The fraction of sp³-hybridized carbons (Fsp3) is 0.200. The Balaban J connectivity index is 0.00000256. The van der Waals surface area contributed by atoms with Crippen molar-refractivity contribution in [1.29, 1.82) is 0 Å². The fourth-order valence-electron chi connectivity index (χ4n) is 3.36. The number of carbonyl (C=O) groups excluding carboxylic acids is 2. The number of fused-ring (bicyclic) bond motifs is 1. The molecule has 6 nitrogen and oxygen atoms in total. The molecule has 1 atom stereocenters. The van der Waals surface area contributed by atoms with Crippen molar-refractivity contribution < 1.29 is 14.0 Å². The molecule has 0 spiro atoms. The van der Waals surface area contributed by atoms with Crippen molar-refractivity contribution in [2.45, 2.75) is 19.4 Å². The van der Waals surface area contributed by atoms with Crippen LogP contribution in [0.15, 0.2) is 42.9 Å². The summed E-state index contributed by atoms with van der Waals surface area (Å²) < 4.78 is 15.0. The van der Waals surface area contributed by atoms with E-state index in [-0.39, 0.29) is 43.2 Å². The van der Waals surface area contributed by atoms with E-state index in [9.17, 15) is 14.0 Å². The topological polar surface area (TPSA) is 68.1 Å². The Bertz CT molecular complexity index is 1140. The van der Waals surface area contributed by atoms with Crippen molar-refractivity contribution >= 4 is 54.1 Å². The lowest BCUT2D eigenvalue weighted by atomic mass is 10.0. The number of anilines is 1. The Morgan fingerprint density at radius 2 is 1.97 bits per heavy atom. The van der Waals surface area contributed by atoms with Crippen molar-refractivity contribution in [3.8, 4) is 0 Å². The van der Waals surface area contributed by atoms with E-state index in [4.69, 9.17) is 23.2 Å². The number of rotatable bonds is 4. The number of ketones is 1. The van der Waals surface area contributed by atoms with Crippen LogP contribution in [0.1, 0.15) is 39.4 Å². The van der Waals surface area contributed by atoms with Crippen molar-refractivity contribution in [1.82, 2.24) is 14.8 Å². The summed E-state index contributed by atoms with van der Waals surface area (Å²) in [5.74, 6) is -1.23. The number of benzene rings is 1. The van der Waals surface area contributed by atoms with Gasteiger partial charge in [0, 0.05) is 36.0 Å². The van der Waals surface area contributed by atoms with Gasteiger partial charge in [0.2, 0.25) is 0 Å². The Morgan fingerprint density at radius 3 is 2.67 bits per heavy atom. The normalized spacial score (nSPS) is 15.5. The number of hydrogen-bond donors (Lipinski definition) is 0. The second-order valence-electron chi connectivity index (χ2n) is 6.82. The number of Topliss-reactive ketones (excluding diaryl/α,β-unsaturated/α-hetero) is 1. The molecule has 0 radical (unpaired) electrons. The first kappa shape index (κ1) is 22.3. The van der Waals surface area contributed by atoms with Gasteiger partial charge in [-0.05, 0) is 31.2 Å². The minimum atomic E-state index is -0.594. The molecule has 3 heterocycles. The highest BCUT2D eigenvalue weighted by Crippen LogP contribution is 2.32. The molecule has 3 aromatic rings. The first-order valence-corrected chi connectivity index (χ1v) is 9.58. The monoisotopic (exact) mass is 466 g/mol. The summed E-state index contributed by atoms with van der Waals surface area (Å²) in [6, 6.07) is 5.98. The van der Waals surface area contributed by atoms with Gasteiger partial charge < -0.3 is 4.90 Å². The lowest BCUT2D eigenvalue weighted by Crippen LogP contribution is -2.43. The zero-order valence-corrected chi connectivity index (χ0v) is 18.3. The van der Waals surface area contributed by atoms with E-state index < -0.39 is 5.82 Å². The molecule has 1 aliphatic heterocycles. The minimum Gasteiger partial charge on any atom is -0.305 e. The van der Waals surface area contributed by atoms with Gasteiger partial charge in [-0.15, -0.1) is 0 Å². The molecule has 10 heteroatoms. The lowest BCUT2D eigenvalue weighted by molar-refractivity contribution is 0.0951. The summed E-state index contributed by atoms with van der Waals surface area (Å²) in [5.41, 5.74) is 1.55. The maximum atomic E-state index is 13.4. The van der Waals surface area contributed by atoms with Gasteiger partial charge in [-0.3, -0.25) is 19.3 Å². The highest BCUT2D eigenvalue weighted by Gasteiger charge is 2.34. The molecule has 0 N–H and O–H groups in total. The molecular formula is C20H17Cl2FN4O2S. The Morgan fingerprint density at radius 1 is 1.20 bits per heavy atom. The average Bonchev–Trinajstić information content (AvgIpc) is 3.11. The molecule has 30 heavy (non-hydrogen) atoms. The number of nitrogens with zero attached hydrogens (tertiary/aromatic N) is 4. The molecule has 0 bridgehead atoms. The van der Waals surface area contributed by atoms with Crippen molar-refractivity contribution in [2.24, 2.45) is 0 Å². The summed E-state index contributed by atoms with van der Waals surface area (Å²) in [6.45, 7) is 2.32. The highest BCUT2D eigenvalue weighted by atomic mass is 35.5. The van der Waals surface area contributed by atoms with Crippen LogP contribution in [0.5, 0.6) is 0 Å². The van der Waals surface area contributed by atoms with E-state index in [0.717, 1.165) is 12.3 Å². The number of hydrogen-bond acceptors (Lipinski definition) is 4. The molecule has 0 aliphatic carbocycles. The predicted octanol–water partition coefficient (Wildman–Crippen LogP) is 4.48. The zero-order chi connectivity index (χ0) is 20.7. The van der Waals surface area contributed by atoms with Crippen LogP contribution in [0.3, 0.4) is 0 Å². The van der Waals surface area contributed by atoms with E-state index in [1.807, 2.05) is 6.92 Å². The molecule has 1 amide bonds. The molecule has 156 valence electrons. The van der Waals surface area contributed by atoms with E-state index >= 15 is 0 Å². The van der Waals surface area contributed by atoms with Crippen LogP contribution in [-0.2, 0) is 6.42 Å². The van der Waals surface area contributed by atoms with E-state index in [1.54, 1.807) is 27.8 Å². The molecular weight excluding hydrogens is 450 g/mol. The fourth-order valence-corrected chi connectivity index (χ4v) is 3.66. The molecule has 1 aliphatic rings. The molecule has 0 saturated carbocycles. The van der Waals surface area contributed by atoms with Gasteiger partial charge in [0.05, 0.1) is 28.5 Å². The number of aromatic nitrogens is 3. The lowest BCUT2D eigenvalue weighted by Gasteiger charge is -2.32. The van der Waals surface area contributed by atoms with Crippen LogP contribution in [0.4, 0.5) is 10.1 Å². The quantitative estimate of drug-likeness (QED) is 0.531. The zero-order valence-electron chi connectivity index (χ0n) is 15.8. The summed E-state index contributed by atoms with van der Waals surface area (Å²) in [7, 11) is 0. The third kappa shape index (κ3) is 4.08. The van der Waals surface area contributed by atoms with Crippen molar-refractivity contribution in [2.75, 3.05) is 11.4 Å². The molecule has 4 rings (SSSR count). The summed E-state index contributed by atoms with van der Waals surface area (Å²) in [5, 5.41) is 5.03. The van der Waals surface area contributed by atoms with Gasteiger partial charge in [-0.1, -0.05) is 23.2 Å². The van der Waals surface area contributed by atoms with Crippen LogP contribution in [-0.4, -0.2) is 33.0 Å². The Kier molecular flexibility index (Phi) is 6.50. The Labute approximate surface area is 189 Å². The van der Waals surface area contributed by atoms with Gasteiger partial charge in [-0.25, -0.2) is 4.39 Å². The molecule has 0 unspecified atom stereocenters. The smallest absolute Gasteiger partial charge is 0.276 e. The third-order valence-corrected chi connectivity index (χ3v) is 5.52. The van der Waals surface area contributed by atoms with E-state index in [1.165, 1.54) is 12.4 Å². The summed E-state index contributed by atoms with van der Waals surface area (Å²) in [6.07, 6.45) is 3.74. The number of halogens is 3. The highest BCUT2D eigenvalue weighted by molar-refractivity contribution is 7.59. The van der Waals surface area contributed by atoms with Gasteiger partial charge in [0.25, 0.3) is 5.91 Å². The first-order chi connectivity index (χ1) is 13.8. The summed E-state index contributed by atoms with van der Waals surface area (Å²) >= 11 is 12.1. The van der Waals surface area contributed by atoms with Gasteiger partial charge >= 0.3 is 0 Å². The molecule has 0 saturated heterocycles. The molecule has 0 fully saturated rings. The molecule has 1 aromatic carbocycles.